The van der Waals surface area contributed by atoms with Crippen molar-refractivity contribution in [3.8, 4) is 23.0 Å². The van der Waals surface area contributed by atoms with Gasteiger partial charge < -0.3 is 18.9 Å². The van der Waals surface area contributed by atoms with E-state index in [0.29, 0.717) is 0 Å². The lowest BCUT2D eigenvalue weighted by Crippen LogP contribution is -2.05. The van der Waals surface area contributed by atoms with E-state index >= 15 is 0 Å². The Labute approximate surface area is 112 Å². The number of ether oxygens (including phenoxy) is 4. The average Bonchev–Trinajstić information content (AvgIpc) is 2.49. The molecule has 0 N–H and O–H groups in total. The highest BCUT2D eigenvalue weighted by Crippen LogP contribution is 2.19. The van der Waals surface area contributed by atoms with Gasteiger partial charge >= 0.3 is 0 Å². The van der Waals surface area contributed by atoms with Crippen molar-refractivity contribution in [2.45, 2.75) is 0 Å². The highest BCUT2D eigenvalue weighted by atomic mass is 16.7. The summed E-state index contributed by atoms with van der Waals surface area (Å²) in [6, 6.07) is 14.7. The Morgan fingerprint density at radius 3 is 1.21 bits per heavy atom. The molecule has 0 atom stereocenters. The first-order valence-corrected chi connectivity index (χ1v) is 5.85. The fourth-order valence-corrected chi connectivity index (χ4v) is 1.51. The minimum Gasteiger partial charge on any atom is -0.497 e. The Hall–Kier alpha value is -2.36. The summed E-state index contributed by atoms with van der Waals surface area (Å²) in [5, 5.41) is 0. The molecule has 0 heterocycles. The molecule has 0 aliphatic heterocycles. The molecule has 0 saturated carbocycles. The van der Waals surface area contributed by atoms with Crippen LogP contribution in [0.5, 0.6) is 23.0 Å². The summed E-state index contributed by atoms with van der Waals surface area (Å²) in [5.41, 5.74) is 0. The molecule has 0 fully saturated rings. The van der Waals surface area contributed by atoms with E-state index in [9.17, 15) is 0 Å². The maximum Gasteiger partial charge on any atom is 0.230 e. The molecule has 2 aromatic rings. The van der Waals surface area contributed by atoms with Crippen LogP contribution >= 0.6 is 0 Å². The molecule has 0 saturated heterocycles. The van der Waals surface area contributed by atoms with Crippen molar-refractivity contribution in [2.24, 2.45) is 0 Å². The zero-order chi connectivity index (χ0) is 13.5. The van der Waals surface area contributed by atoms with Crippen molar-refractivity contribution in [2.75, 3.05) is 21.0 Å². The molecule has 2 aromatic carbocycles. The van der Waals surface area contributed by atoms with Crippen molar-refractivity contribution in [1.82, 2.24) is 0 Å². The topological polar surface area (TPSA) is 36.9 Å². The molecule has 19 heavy (non-hydrogen) atoms. The van der Waals surface area contributed by atoms with E-state index in [1.54, 1.807) is 14.2 Å². The quantitative estimate of drug-likeness (QED) is 0.748. The van der Waals surface area contributed by atoms with Gasteiger partial charge in [0.25, 0.3) is 0 Å². The van der Waals surface area contributed by atoms with Crippen molar-refractivity contribution >= 4 is 0 Å². The Balaban J connectivity index is 1.81. The lowest BCUT2D eigenvalue weighted by atomic mass is 10.3. The summed E-state index contributed by atoms with van der Waals surface area (Å²) in [5.74, 6) is 3.05. The van der Waals surface area contributed by atoms with Crippen molar-refractivity contribution in [1.29, 1.82) is 0 Å². The highest BCUT2D eigenvalue weighted by Gasteiger charge is 1.97. The standard InChI is InChI=1S/C15H16O4/c1-16-12-3-7-14(8-4-12)18-11-19-15-9-5-13(17-2)6-10-15/h3-10H,11H2,1-2H3. The fraction of sp³-hybridized carbons (Fsp3) is 0.200. The predicted molar refractivity (Wildman–Crippen MR) is 72.1 cm³/mol. The molecule has 4 nitrogen and oxygen atoms in total. The molecule has 0 bridgehead atoms. The Kier molecular flexibility index (Phi) is 4.50. The van der Waals surface area contributed by atoms with Crippen LogP contribution in [0.25, 0.3) is 0 Å². The lowest BCUT2D eigenvalue weighted by Gasteiger charge is -2.09. The molecule has 0 aromatic heterocycles. The monoisotopic (exact) mass is 260 g/mol. The normalized spacial score (nSPS) is 9.79. The van der Waals surface area contributed by atoms with Crippen molar-refractivity contribution in [3.05, 3.63) is 48.5 Å². The van der Waals surface area contributed by atoms with Gasteiger partial charge in [-0.15, -0.1) is 0 Å². The first kappa shape index (κ1) is 13.1. The van der Waals surface area contributed by atoms with Crippen LogP contribution in [0.4, 0.5) is 0 Å². The van der Waals surface area contributed by atoms with Crippen LogP contribution in [0, 0.1) is 0 Å². The molecule has 0 spiro atoms. The van der Waals surface area contributed by atoms with E-state index in [1.165, 1.54) is 0 Å². The van der Waals surface area contributed by atoms with E-state index < -0.39 is 0 Å². The van der Waals surface area contributed by atoms with Gasteiger partial charge in [0.05, 0.1) is 14.2 Å². The number of benzene rings is 2. The smallest absolute Gasteiger partial charge is 0.230 e. The van der Waals surface area contributed by atoms with Gasteiger partial charge in [0.2, 0.25) is 6.79 Å². The molecular formula is C15H16O4. The molecular weight excluding hydrogens is 244 g/mol. The minimum atomic E-state index is 0.151. The first-order valence-electron chi connectivity index (χ1n) is 5.85. The minimum absolute atomic E-state index is 0.151. The molecule has 0 radical (unpaired) electrons. The van der Waals surface area contributed by atoms with Gasteiger partial charge in [-0.25, -0.2) is 0 Å². The number of hydrogen-bond donors (Lipinski definition) is 0. The highest BCUT2D eigenvalue weighted by molar-refractivity contribution is 5.32. The van der Waals surface area contributed by atoms with Gasteiger partial charge in [-0.3, -0.25) is 0 Å². The summed E-state index contributed by atoms with van der Waals surface area (Å²) in [6.45, 7) is 0.151. The van der Waals surface area contributed by atoms with Crippen LogP contribution in [0.15, 0.2) is 48.5 Å². The van der Waals surface area contributed by atoms with Crippen LogP contribution in [-0.2, 0) is 0 Å². The molecule has 0 aliphatic rings. The second-order valence-electron chi connectivity index (χ2n) is 3.76. The molecule has 4 heteroatoms. The maximum atomic E-state index is 5.46. The first-order chi connectivity index (χ1) is 9.31. The van der Waals surface area contributed by atoms with Crippen LogP contribution in [0.2, 0.25) is 0 Å². The van der Waals surface area contributed by atoms with Crippen molar-refractivity contribution < 1.29 is 18.9 Å². The Morgan fingerprint density at radius 2 is 0.895 bits per heavy atom. The third kappa shape index (κ3) is 3.81. The van der Waals surface area contributed by atoms with Gasteiger partial charge in [0, 0.05) is 0 Å². The largest absolute Gasteiger partial charge is 0.497 e. The zero-order valence-corrected chi connectivity index (χ0v) is 11.0. The summed E-state index contributed by atoms with van der Waals surface area (Å²) in [7, 11) is 3.26. The summed E-state index contributed by atoms with van der Waals surface area (Å²) in [6.07, 6.45) is 0. The number of hydrogen-bond acceptors (Lipinski definition) is 4. The summed E-state index contributed by atoms with van der Waals surface area (Å²) < 4.78 is 21.0. The van der Waals surface area contributed by atoms with Gasteiger partial charge in [-0.2, -0.15) is 0 Å². The average molecular weight is 260 g/mol. The molecule has 2 rings (SSSR count). The molecule has 100 valence electrons. The van der Waals surface area contributed by atoms with E-state index in [-0.39, 0.29) is 6.79 Å². The van der Waals surface area contributed by atoms with Gasteiger partial charge in [0.15, 0.2) is 0 Å². The van der Waals surface area contributed by atoms with E-state index in [1.807, 2.05) is 48.5 Å². The van der Waals surface area contributed by atoms with E-state index in [2.05, 4.69) is 0 Å². The third-order valence-corrected chi connectivity index (χ3v) is 2.57. The van der Waals surface area contributed by atoms with Gasteiger partial charge in [0.1, 0.15) is 23.0 Å². The zero-order valence-electron chi connectivity index (χ0n) is 11.0. The van der Waals surface area contributed by atoms with E-state index in [0.717, 1.165) is 23.0 Å². The molecule has 0 unspecified atom stereocenters. The molecule has 0 aliphatic carbocycles. The fourth-order valence-electron chi connectivity index (χ4n) is 1.51. The summed E-state index contributed by atoms with van der Waals surface area (Å²) in [4.78, 5) is 0. The van der Waals surface area contributed by atoms with Gasteiger partial charge in [-0.05, 0) is 48.5 Å². The maximum absolute atomic E-state index is 5.46. The van der Waals surface area contributed by atoms with Crippen LogP contribution in [-0.4, -0.2) is 21.0 Å². The van der Waals surface area contributed by atoms with Crippen LogP contribution in [0.1, 0.15) is 0 Å². The molecule has 0 amide bonds. The van der Waals surface area contributed by atoms with E-state index in [4.69, 9.17) is 18.9 Å². The second kappa shape index (κ2) is 6.54. The SMILES string of the molecule is COc1ccc(OCOc2ccc(OC)cc2)cc1. The van der Waals surface area contributed by atoms with Gasteiger partial charge in [-0.1, -0.05) is 0 Å². The third-order valence-electron chi connectivity index (χ3n) is 2.57. The Morgan fingerprint density at radius 1 is 0.579 bits per heavy atom. The second-order valence-corrected chi connectivity index (χ2v) is 3.76. The Bertz CT molecular complexity index is 443. The predicted octanol–water partition coefficient (Wildman–Crippen LogP) is 3.12. The van der Waals surface area contributed by atoms with Crippen LogP contribution < -0.4 is 18.9 Å². The van der Waals surface area contributed by atoms with Crippen molar-refractivity contribution in [3.63, 3.8) is 0 Å². The number of methoxy groups -OCH3 is 2. The lowest BCUT2D eigenvalue weighted by molar-refractivity contribution is 0.119. The number of rotatable bonds is 6. The van der Waals surface area contributed by atoms with Crippen LogP contribution in [0.3, 0.4) is 0 Å². The summed E-state index contributed by atoms with van der Waals surface area (Å²) >= 11 is 0.